The van der Waals surface area contributed by atoms with Crippen LogP contribution in [-0.2, 0) is 4.79 Å². The molecule has 1 unspecified atom stereocenters. The molecule has 0 N–H and O–H groups in total. The fraction of sp³-hybridized carbons (Fsp3) is 0.704. The quantitative estimate of drug-likeness (QED) is 0.474. The number of Topliss-reactive ketones (excluding diaryl/α,β-unsaturated/α-hetero) is 1. The number of aromatic nitrogens is 3. The molecule has 6 nitrogen and oxygen atoms in total. The van der Waals surface area contributed by atoms with Crippen LogP contribution in [0.5, 0.6) is 0 Å². The minimum absolute atomic E-state index is 0.0156. The minimum Gasteiger partial charge on any atom is -0.299 e. The number of pyridine rings is 1. The molecule has 0 radical (unpaired) electrons. The van der Waals surface area contributed by atoms with E-state index in [2.05, 4.69) is 18.8 Å². The Balaban J connectivity index is 1.51. The van der Waals surface area contributed by atoms with Gasteiger partial charge in [0.15, 0.2) is 0 Å². The van der Waals surface area contributed by atoms with Crippen LogP contribution in [-0.4, -0.2) is 31.4 Å². The molecule has 0 spiro atoms. The number of nitrogens with zero attached hydrogens (tertiary/aromatic N) is 3. The van der Waals surface area contributed by atoms with Crippen LogP contribution < -0.4 is 11.2 Å². The van der Waals surface area contributed by atoms with Gasteiger partial charge in [0.25, 0.3) is 5.56 Å². The summed E-state index contributed by atoms with van der Waals surface area (Å²) < 4.78 is 17.1. The Kier molecular flexibility index (Phi) is 8.50. The first-order valence-electron chi connectivity index (χ1n) is 13.2. The lowest BCUT2D eigenvalue weighted by molar-refractivity contribution is -0.123. The summed E-state index contributed by atoms with van der Waals surface area (Å²) >= 11 is 1.87. The van der Waals surface area contributed by atoms with Crippen molar-refractivity contribution in [3.63, 3.8) is 0 Å². The van der Waals surface area contributed by atoms with Gasteiger partial charge in [-0.3, -0.25) is 18.7 Å². The number of halogens is 1. The molecular weight excluding hydrogens is 465 g/mol. The third kappa shape index (κ3) is 5.73. The first kappa shape index (κ1) is 26.1. The van der Waals surface area contributed by atoms with Gasteiger partial charge in [-0.1, -0.05) is 27.2 Å². The Bertz CT molecular complexity index is 1160. The Hall–Kier alpha value is -1.96. The summed E-state index contributed by atoms with van der Waals surface area (Å²) in [7, 11) is 0. The molecule has 2 aromatic rings. The average Bonchev–Trinajstić information content (AvgIpc) is 2.85. The fourth-order valence-electron chi connectivity index (χ4n) is 5.66. The number of ketones is 1. The summed E-state index contributed by atoms with van der Waals surface area (Å²) in [5.74, 6) is 2.70. The van der Waals surface area contributed by atoms with E-state index in [-0.39, 0.29) is 29.1 Å². The summed E-state index contributed by atoms with van der Waals surface area (Å²) in [4.78, 5) is 43.6. The van der Waals surface area contributed by atoms with E-state index in [0.717, 1.165) is 69.1 Å². The van der Waals surface area contributed by atoms with Crippen molar-refractivity contribution in [2.24, 2.45) is 17.8 Å². The van der Waals surface area contributed by atoms with Crippen molar-refractivity contribution < 1.29 is 9.18 Å². The molecule has 35 heavy (non-hydrogen) atoms. The highest BCUT2D eigenvalue weighted by Gasteiger charge is 2.29. The molecule has 2 aliphatic rings. The van der Waals surface area contributed by atoms with E-state index in [1.54, 1.807) is 4.57 Å². The molecule has 8 heteroatoms. The maximum atomic E-state index is 14.1. The smallest absolute Gasteiger partial charge is 0.299 e. The molecule has 1 aliphatic carbocycles. The van der Waals surface area contributed by atoms with E-state index in [1.807, 2.05) is 18.7 Å². The number of hydrogen-bond acceptors (Lipinski definition) is 5. The Morgan fingerprint density at radius 3 is 2.37 bits per heavy atom. The normalized spacial score (nSPS) is 22.5. The first-order valence-corrected chi connectivity index (χ1v) is 14.4. The number of rotatable bonds is 8. The number of carbonyl (C=O) groups is 1. The molecule has 0 aromatic carbocycles. The molecule has 1 saturated carbocycles. The van der Waals surface area contributed by atoms with Crippen molar-refractivity contribution in [1.29, 1.82) is 0 Å². The summed E-state index contributed by atoms with van der Waals surface area (Å²) in [6.45, 7) is 6.19. The molecule has 192 valence electrons. The SMILES string of the molecule is CC(C)C(C)C(=O)CCCC1CCC(n2c(=O)c3cc(F)cnc3n(C3CCSCC3)c2=O)CC1. The van der Waals surface area contributed by atoms with Gasteiger partial charge in [-0.15, -0.1) is 0 Å². The van der Waals surface area contributed by atoms with Gasteiger partial charge in [-0.05, 0) is 74.4 Å². The number of hydrogen-bond donors (Lipinski definition) is 0. The topological polar surface area (TPSA) is 74.0 Å². The van der Waals surface area contributed by atoms with Gasteiger partial charge in [-0.25, -0.2) is 14.2 Å². The summed E-state index contributed by atoms with van der Waals surface area (Å²) in [6, 6.07) is 1.04. The molecule has 4 rings (SSSR count). The van der Waals surface area contributed by atoms with Gasteiger partial charge in [0.1, 0.15) is 17.2 Å². The van der Waals surface area contributed by atoms with Crippen molar-refractivity contribution in [3.05, 3.63) is 38.9 Å². The third-order valence-electron chi connectivity index (χ3n) is 8.20. The molecule has 1 saturated heterocycles. The molecule has 2 fully saturated rings. The lowest BCUT2D eigenvalue weighted by Gasteiger charge is -2.31. The second-order valence-corrected chi connectivity index (χ2v) is 12.0. The summed E-state index contributed by atoms with van der Waals surface area (Å²) in [5, 5.41) is 0.197. The average molecular weight is 504 g/mol. The predicted molar refractivity (Wildman–Crippen MR) is 140 cm³/mol. The lowest BCUT2D eigenvalue weighted by atomic mass is 9.82. The largest absolute Gasteiger partial charge is 0.333 e. The summed E-state index contributed by atoms with van der Waals surface area (Å²) in [5.41, 5.74) is -0.408. The van der Waals surface area contributed by atoms with Crippen LogP contribution in [0.1, 0.15) is 90.6 Å². The third-order valence-corrected chi connectivity index (χ3v) is 9.25. The molecule has 0 bridgehead atoms. The number of carbonyl (C=O) groups excluding carboxylic acids is 1. The predicted octanol–water partition coefficient (Wildman–Crippen LogP) is 5.53. The van der Waals surface area contributed by atoms with E-state index in [9.17, 15) is 18.8 Å². The van der Waals surface area contributed by atoms with E-state index < -0.39 is 11.4 Å². The van der Waals surface area contributed by atoms with Crippen LogP contribution in [0.4, 0.5) is 4.39 Å². The molecular formula is C27H38FN3O3S. The van der Waals surface area contributed by atoms with Crippen molar-refractivity contribution in [2.45, 2.75) is 90.6 Å². The second kappa shape index (κ2) is 11.4. The van der Waals surface area contributed by atoms with Crippen molar-refractivity contribution in [2.75, 3.05) is 11.5 Å². The monoisotopic (exact) mass is 503 g/mol. The van der Waals surface area contributed by atoms with E-state index in [4.69, 9.17) is 0 Å². The Labute approximate surface area is 210 Å². The zero-order valence-electron chi connectivity index (χ0n) is 21.2. The van der Waals surface area contributed by atoms with Crippen LogP contribution in [0.25, 0.3) is 11.0 Å². The fourth-order valence-corrected chi connectivity index (χ4v) is 6.74. The Morgan fingerprint density at radius 1 is 1.06 bits per heavy atom. The van der Waals surface area contributed by atoms with Crippen LogP contribution in [0.3, 0.4) is 0 Å². The lowest BCUT2D eigenvalue weighted by Crippen LogP contribution is -2.45. The number of fused-ring (bicyclic) bond motifs is 1. The van der Waals surface area contributed by atoms with E-state index in [0.29, 0.717) is 29.7 Å². The van der Waals surface area contributed by atoms with Gasteiger partial charge in [0.05, 0.1) is 11.6 Å². The van der Waals surface area contributed by atoms with Gasteiger partial charge in [-0.2, -0.15) is 11.8 Å². The molecule has 1 atom stereocenters. The number of thioether (sulfide) groups is 1. The summed E-state index contributed by atoms with van der Waals surface area (Å²) in [6.07, 6.45) is 8.71. The van der Waals surface area contributed by atoms with Crippen LogP contribution in [0.2, 0.25) is 0 Å². The van der Waals surface area contributed by atoms with E-state index in [1.165, 1.54) is 10.6 Å². The second-order valence-electron chi connectivity index (χ2n) is 10.8. The van der Waals surface area contributed by atoms with Gasteiger partial charge < -0.3 is 0 Å². The maximum absolute atomic E-state index is 14.1. The van der Waals surface area contributed by atoms with Crippen molar-refractivity contribution in [1.82, 2.24) is 14.1 Å². The molecule has 2 aromatic heterocycles. The minimum atomic E-state index is -0.560. The molecule has 3 heterocycles. The zero-order chi connectivity index (χ0) is 25.1. The van der Waals surface area contributed by atoms with Crippen molar-refractivity contribution >= 4 is 28.6 Å². The zero-order valence-corrected chi connectivity index (χ0v) is 22.0. The highest BCUT2D eigenvalue weighted by atomic mass is 32.2. The molecule has 1 aliphatic heterocycles. The highest BCUT2D eigenvalue weighted by Crippen LogP contribution is 2.34. The van der Waals surface area contributed by atoms with Crippen LogP contribution in [0.15, 0.2) is 21.9 Å². The molecule has 0 amide bonds. The maximum Gasteiger partial charge on any atom is 0.333 e. The Morgan fingerprint density at radius 2 is 1.71 bits per heavy atom. The van der Waals surface area contributed by atoms with Crippen molar-refractivity contribution in [3.8, 4) is 0 Å². The van der Waals surface area contributed by atoms with Gasteiger partial charge in [0, 0.05) is 24.4 Å². The van der Waals surface area contributed by atoms with Gasteiger partial charge >= 0.3 is 5.69 Å². The van der Waals surface area contributed by atoms with Crippen LogP contribution in [0, 0.1) is 23.6 Å². The first-order chi connectivity index (χ1) is 16.8. The van der Waals surface area contributed by atoms with Gasteiger partial charge in [0.2, 0.25) is 0 Å². The van der Waals surface area contributed by atoms with Crippen LogP contribution >= 0.6 is 11.8 Å². The standard InChI is InChI=1S/C27H38FN3O3S/c1-17(2)18(3)24(32)6-4-5-19-7-9-21(10-8-19)31-26(33)23-15-20(28)16-29-25(23)30(27(31)34)22-11-13-35-14-12-22/h15-19,21-22H,4-14H2,1-3H3. The van der Waals surface area contributed by atoms with E-state index >= 15 is 0 Å². The highest BCUT2D eigenvalue weighted by molar-refractivity contribution is 7.99.